The highest BCUT2D eigenvalue weighted by atomic mass is 16.5. The van der Waals surface area contributed by atoms with Crippen LogP contribution in [0.3, 0.4) is 0 Å². The number of hydrogen-bond acceptors (Lipinski definition) is 4. The Bertz CT molecular complexity index is 1660. The zero-order valence-electron chi connectivity index (χ0n) is 22.1. The van der Waals surface area contributed by atoms with Crippen LogP contribution < -0.4 is 15.2 Å². The summed E-state index contributed by atoms with van der Waals surface area (Å²) in [4.78, 5) is 17.9. The SMILES string of the molecule is C#CCOc1ccc2c(c1)c(-c1ccc(C(C)C)cc1)nc(=O)n2Cc1ccc(OCc2ccccc2)cc1. The molecule has 0 saturated carbocycles. The number of benzene rings is 4. The molecule has 5 heteroatoms. The van der Waals surface area contributed by atoms with Crippen molar-refractivity contribution in [2.24, 2.45) is 0 Å². The molecule has 5 rings (SSSR count). The van der Waals surface area contributed by atoms with Crippen LogP contribution in [0.4, 0.5) is 0 Å². The minimum absolute atomic E-state index is 0.162. The lowest BCUT2D eigenvalue weighted by molar-refractivity contribution is 0.306. The highest BCUT2D eigenvalue weighted by Gasteiger charge is 2.14. The molecule has 4 aromatic carbocycles. The van der Waals surface area contributed by atoms with Gasteiger partial charge in [-0.15, -0.1) is 6.42 Å². The number of fused-ring (bicyclic) bond motifs is 1. The first-order valence-corrected chi connectivity index (χ1v) is 13.0. The third-order valence-corrected chi connectivity index (χ3v) is 6.64. The minimum Gasteiger partial charge on any atom is -0.489 e. The quantitative estimate of drug-likeness (QED) is 0.202. The molecule has 1 heterocycles. The van der Waals surface area contributed by atoms with Gasteiger partial charge in [-0.1, -0.05) is 86.5 Å². The molecule has 0 bridgehead atoms. The van der Waals surface area contributed by atoms with Crippen molar-refractivity contribution >= 4 is 10.9 Å². The molecule has 0 fully saturated rings. The fourth-order valence-electron chi connectivity index (χ4n) is 4.49. The van der Waals surface area contributed by atoms with E-state index >= 15 is 0 Å². The van der Waals surface area contributed by atoms with Gasteiger partial charge in [0.05, 0.1) is 17.8 Å². The minimum atomic E-state index is -0.313. The Hall–Kier alpha value is -4.82. The molecule has 5 aromatic rings. The molecule has 5 nitrogen and oxygen atoms in total. The van der Waals surface area contributed by atoms with E-state index in [2.05, 4.69) is 36.9 Å². The number of terminal acetylenes is 1. The second kappa shape index (κ2) is 11.7. The number of rotatable bonds is 9. The normalized spacial score (nSPS) is 10.9. The van der Waals surface area contributed by atoms with Crippen LogP contribution in [0.25, 0.3) is 22.2 Å². The maximum Gasteiger partial charge on any atom is 0.348 e. The lowest BCUT2D eigenvalue weighted by Gasteiger charge is -2.15. The molecule has 0 amide bonds. The molecule has 194 valence electrons. The van der Waals surface area contributed by atoms with Gasteiger partial charge in [-0.2, -0.15) is 4.98 Å². The predicted molar refractivity (Wildman–Crippen MR) is 156 cm³/mol. The molecule has 39 heavy (non-hydrogen) atoms. The molecule has 0 aliphatic carbocycles. The molecule has 0 saturated heterocycles. The van der Waals surface area contributed by atoms with Gasteiger partial charge < -0.3 is 9.47 Å². The highest BCUT2D eigenvalue weighted by molar-refractivity contribution is 5.93. The number of aromatic nitrogens is 2. The summed E-state index contributed by atoms with van der Waals surface area (Å²) >= 11 is 0. The molecule has 1 aromatic heterocycles. The van der Waals surface area contributed by atoms with Crippen LogP contribution in [0.15, 0.2) is 102 Å². The van der Waals surface area contributed by atoms with Crippen LogP contribution in [0.2, 0.25) is 0 Å². The fraction of sp³-hybridized carbons (Fsp3) is 0.176. The van der Waals surface area contributed by atoms with Crippen molar-refractivity contribution in [1.82, 2.24) is 9.55 Å². The summed E-state index contributed by atoms with van der Waals surface area (Å²) in [6.45, 7) is 5.34. The molecular formula is C34H30N2O3. The first-order chi connectivity index (χ1) is 19.0. The van der Waals surface area contributed by atoms with Crippen molar-refractivity contribution in [2.45, 2.75) is 32.9 Å². The third kappa shape index (κ3) is 6.02. The molecule has 0 radical (unpaired) electrons. The van der Waals surface area contributed by atoms with Crippen LogP contribution in [0.1, 0.15) is 36.5 Å². The Labute approximate surface area is 228 Å². The van der Waals surface area contributed by atoms with E-state index in [4.69, 9.17) is 15.9 Å². The number of ether oxygens (including phenoxy) is 2. The van der Waals surface area contributed by atoms with E-state index in [9.17, 15) is 4.79 Å². The second-order valence-corrected chi connectivity index (χ2v) is 9.70. The van der Waals surface area contributed by atoms with Crippen molar-refractivity contribution in [1.29, 1.82) is 0 Å². The van der Waals surface area contributed by atoms with Gasteiger partial charge in [0.2, 0.25) is 0 Å². The van der Waals surface area contributed by atoms with E-state index < -0.39 is 0 Å². The van der Waals surface area contributed by atoms with Gasteiger partial charge in [0.25, 0.3) is 0 Å². The zero-order chi connectivity index (χ0) is 27.2. The maximum absolute atomic E-state index is 13.4. The number of hydrogen-bond donors (Lipinski definition) is 0. The van der Waals surface area contributed by atoms with Crippen molar-refractivity contribution in [3.63, 3.8) is 0 Å². The number of nitrogens with zero attached hydrogens (tertiary/aromatic N) is 2. The van der Waals surface area contributed by atoms with Crippen LogP contribution in [0, 0.1) is 12.3 Å². The Balaban J connectivity index is 1.47. The van der Waals surface area contributed by atoms with Crippen LogP contribution >= 0.6 is 0 Å². The summed E-state index contributed by atoms with van der Waals surface area (Å²) in [5.41, 5.74) is 5.26. The first-order valence-electron chi connectivity index (χ1n) is 13.0. The van der Waals surface area contributed by atoms with Crippen molar-refractivity contribution in [2.75, 3.05) is 6.61 Å². The van der Waals surface area contributed by atoms with Gasteiger partial charge in [-0.25, -0.2) is 4.79 Å². The molecule has 0 N–H and O–H groups in total. The molecule has 0 spiro atoms. The van der Waals surface area contributed by atoms with Crippen molar-refractivity contribution < 1.29 is 9.47 Å². The fourth-order valence-corrected chi connectivity index (χ4v) is 4.49. The molecule has 0 aliphatic rings. The topological polar surface area (TPSA) is 53.3 Å². The summed E-state index contributed by atoms with van der Waals surface area (Å²) < 4.78 is 13.3. The Morgan fingerprint density at radius 1 is 0.846 bits per heavy atom. The first kappa shape index (κ1) is 25.8. The van der Waals surface area contributed by atoms with E-state index in [1.54, 1.807) is 4.57 Å². The van der Waals surface area contributed by atoms with Gasteiger partial charge in [-0.3, -0.25) is 4.57 Å². The molecule has 0 unspecified atom stereocenters. The Morgan fingerprint density at radius 2 is 1.56 bits per heavy atom. The summed E-state index contributed by atoms with van der Waals surface area (Å²) in [5, 5.41) is 0.823. The highest BCUT2D eigenvalue weighted by Crippen LogP contribution is 2.30. The van der Waals surface area contributed by atoms with E-state index in [0.29, 0.717) is 30.5 Å². The zero-order valence-corrected chi connectivity index (χ0v) is 22.1. The lowest BCUT2D eigenvalue weighted by Crippen LogP contribution is -2.24. The molecule has 0 aliphatic heterocycles. The summed E-state index contributed by atoms with van der Waals surface area (Å²) in [6, 6.07) is 31.7. The van der Waals surface area contributed by atoms with Crippen molar-refractivity contribution in [3.8, 4) is 35.1 Å². The molecule has 0 atom stereocenters. The monoisotopic (exact) mass is 514 g/mol. The second-order valence-electron chi connectivity index (χ2n) is 9.70. The Kier molecular flexibility index (Phi) is 7.75. The largest absolute Gasteiger partial charge is 0.489 e. The maximum atomic E-state index is 13.4. The molecular weight excluding hydrogens is 484 g/mol. The average Bonchev–Trinajstić information content (AvgIpc) is 2.97. The van der Waals surface area contributed by atoms with E-state index in [0.717, 1.165) is 33.3 Å². The standard InChI is InChI=1S/C34H30N2O3/c1-4-20-38-30-18-19-32-31(21-30)33(28-14-12-27(13-15-28)24(2)3)35-34(37)36(32)22-25-10-16-29(17-11-25)39-23-26-8-6-5-7-9-26/h1,5-19,21,24H,20,22-23H2,2-3H3. The third-order valence-electron chi connectivity index (χ3n) is 6.64. The smallest absolute Gasteiger partial charge is 0.348 e. The van der Waals surface area contributed by atoms with Crippen LogP contribution in [0.5, 0.6) is 11.5 Å². The van der Waals surface area contributed by atoms with Gasteiger partial charge in [0, 0.05) is 10.9 Å². The lowest BCUT2D eigenvalue weighted by atomic mass is 9.99. The van der Waals surface area contributed by atoms with E-state index in [1.807, 2.05) is 84.9 Å². The van der Waals surface area contributed by atoms with E-state index in [-0.39, 0.29) is 12.3 Å². The van der Waals surface area contributed by atoms with Crippen LogP contribution in [-0.4, -0.2) is 16.2 Å². The van der Waals surface area contributed by atoms with Gasteiger partial charge in [0.15, 0.2) is 0 Å². The van der Waals surface area contributed by atoms with Gasteiger partial charge in [-0.05, 0) is 52.9 Å². The summed E-state index contributed by atoms with van der Waals surface area (Å²) in [5.74, 6) is 4.32. The van der Waals surface area contributed by atoms with Gasteiger partial charge >= 0.3 is 5.69 Å². The Morgan fingerprint density at radius 3 is 2.26 bits per heavy atom. The van der Waals surface area contributed by atoms with Gasteiger partial charge in [0.1, 0.15) is 24.7 Å². The predicted octanol–water partition coefficient (Wildman–Crippen LogP) is 6.83. The summed E-state index contributed by atoms with van der Waals surface area (Å²) in [6.07, 6.45) is 5.40. The van der Waals surface area contributed by atoms with Crippen LogP contribution in [-0.2, 0) is 13.2 Å². The summed E-state index contributed by atoms with van der Waals surface area (Å²) in [7, 11) is 0. The average molecular weight is 515 g/mol. The van der Waals surface area contributed by atoms with E-state index in [1.165, 1.54) is 5.56 Å². The van der Waals surface area contributed by atoms with Crippen molar-refractivity contribution in [3.05, 3.63) is 124 Å².